The van der Waals surface area contributed by atoms with E-state index in [9.17, 15) is 5.11 Å². The number of aromatic nitrogens is 1. The van der Waals surface area contributed by atoms with Gasteiger partial charge >= 0.3 is 0 Å². The smallest absolute Gasteiger partial charge is 0.0845 e. The molecular weight excluding hydrogens is 382 g/mol. The number of para-hydroxylation sites is 1. The van der Waals surface area contributed by atoms with Gasteiger partial charge in [-0.15, -0.1) is 12.4 Å². The number of benzene rings is 2. The van der Waals surface area contributed by atoms with Gasteiger partial charge < -0.3 is 9.67 Å². The van der Waals surface area contributed by atoms with Gasteiger partial charge in [0.05, 0.1) is 6.10 Å². The van der Waals surface area contributed by atoms with Crippen LogP contribution in [0.4, 0.5) is 0 Å². The molecule has 1 unspecified atom stereocenters. The molecule has 0 radical (unpaired) electrons. The maximum Gasteiger partial charge on any atom is 0.0845 e. The summed E-state index contributed by atoms with van der Waals surface area (Å²) in [5.41, 5.74) is 2.44. The molecule has 1 atom stereocenters. The number of rotatable bonds is 7. The number of piperazine rings is 1. The van der Waals surface area contributed by atoms with Crippen molar-refractivity contribution in [3.8, 4) is 0 Å². The molecule has 4 rings (SSSR count). The Hall–Kier alpha value is -2.11. The molecule has 0 aliphatic carbocycles. The Morgan fingerprint density at radius 2 is 1.52 bits per heavy atom. The molecule has 1 fully saturated rings. The minimum atomic E-state index is -0.347. The number of aliphatic hydroxyl groups excluding tert-OH is 1. The third-order valence-electron chi connectivity index (χ3n) is 5.50. The molecule has 2 aromatic carbocycles. The number of hydrogen-bond acceptors (Lipinski definition) is 3. The van der Waals surface area contributed by atoms with E-state index in [1.807, 2.05) is 6.07 Å². The lowest BCUT2D eigenvalue weighted by atomic mass is 10.2. The number of fused-ring (bicyclic) bond motifs is 1. The molecule has 154 valence electrons. The van der Waals surface area contributed by atoms with Crippen molar-refractivity contribution >= 4 is 29.4 Å². The highest BCUT2D eigenvalue weighted by Gasteiger charge is 2.19. The van der Waals surface area contributed by atoms with Crippen molar-refractivity contribution in [2.75, 3.05) is 39.3 Å². The Labute approximate surface area is 179 Å². The number of aliphatic hydroxyl groups is 1. The first-order valence-corrected chi connectivity index (χ1v) is 10.2. The Morgan fingerprint density at radius 1 is 0.828 bits per heavy atom. The maximum absolute atomic E-state index is 10.6. The summed E-state index contributed by atoms with van der Waals surface area (Å²) in [4.78, 5) is 4.86. The Morgan fingerprint density at radius 3 is 2.31 bits per heavy atom. The van der Waals surface area contributed by atoms with Crippen LogP contribution in [-0.4, -0.2) is 64.8 Å². The van der Waals surface area contributed by atoms with Crippen molar-refractivity contribution < 1.29 is 5.11 Å². The standard InChI is InChI=1S/C24H29N3O.ClH/c28-23(20-27-14-12-22-10-4-5-11-24(22)27)19-26-17-15-25(16-18-26)13-6-9-21-7-2-1-3-8-21;/h1-12,14,23,28H,13,15-20H2;1H/b9-6+;. The molecule has 1 aromatic heterocycles. The lowest BCUT2D eigenvalue weighted by Crippen LogP contribution is -2.48. The summed E-state index contributed by atoms with van der Waals surface area (Å²) < 4.78 is 2.16. The molecule has 0 spiro atoms. The summed E-state index contributed by atoms with van der Waals surface area (Å²) in [6.07, 6.45) is 6.17. The first-order chi connectivity index (χ1) is 13.8. The van der Waals surface area contributed by atoms with Crippen molar-refractivity contribution in [2.45, 2.75) is 12.6 Å². The fraction of sp³-hybridized carbons (Fsp3) is 0.333. The van der Waals surface area contributed by atoms with E-state index in [-0.39, 0.29) is 18.5 Å². The SMILES string of the molecule is Cl.OC(CN1CCN(C/C=C/c2ccccc2)CC1)Cn1ccc2ccccc21. The first-order valence-electron chi connectivity index (χ1n) is 10.2. The summed E-state index contributed by atoms with van der Waals surface area (Å²) in [7, 11) is 0. The molecule has 5 heteroatoms. The topological polar surface area (TPSA) is 31.6 Å². The summed E-state index contributed by atoms with van der Waals surface area (Å²) in [5, 5.41) is 11.8. The Balaban J connectivity index is 0.00000240. The van der Waals surface area contributed by atoms with Crippen LogP contribution in [0.1, 0.15) is 5.56 Å². The van der Waals surface area contributed by atoms with Crippen molar-refractivity contribution in [3.63, 3.8) is 0 Å². The van der Waals surface area contributed by atoms with Crippen molar-refractivity contribution in [3.05, 3.63) is 78.5 Å². The van der Waals surface area contributed by atoms with Gasteiger partial charge in [0.25, 0.3) is 0 Å². The average molecular weight is 412 g/mol. The van der Waals surface area contributed by atoms with Gasteiger partial charge in [-0.05, 0) is 23.1 Å². The minimum Gasteiger partial charge on any atom is -0.390 e. The predicted octanol–water partition coefficient (Wildman–Crippen LogP) is 3.76. The van der Waals surface area contributed by atoms with Gasteiger partial charge in [-0.25, -0.2) is 0 Å². The molecule has 0 amide bonds. The number of halogens is 1. The van der Waals surface area contributed by atoms with Gasteiger partial charge in [-0.3, -0.25) is 9.80 Å². The van der Waals surface area contributed by atoms with Crippen LogP contribution in [0.5, 0.6) is 0 Å². The van der Waals surface area contributed by atoms with Gasteiger partial charge in [0.2, 0.25) is 0 Å². The highest BCUT2D eigenvalue weighted by molar-refractivity contribution is 5.85. The highest BCUT2D eigenvalue weighted by Crippen LogP contribution is 2.16. The van der Waals surface area contributed by atoms with Crippen molar-refractivity contribution in [1.82, 2.24) is 14.4 Å². The van der Waals surface area contributed by atoms with Crippen LogP contribution in [0.25, 0.3) is 17.0 Å². The molecule has 1 saturated heterocycles. The summed E-state index contributed by atoms with van der Waals surface area (Å²) in [5.74, 6) is 0. The quantitative estimate of drug-likeness (QED) is 0.642. The molecule has 29 heavy (non-hydrogen) atoms. The fourth-order valence-electron chi connectivity index (χ4n) is 3.94. The van der Waals surface area contributed by atoms with Gasteiger partial charge in [0, 0.05) is 57.5 Å². The molecule has 4 nitrogen and oxygen atoms in total. The molecule has 2 heterocycles. The van der Waals surface area contributed by atoms with E-state index in [4.69, 9.17) is 0 Å². The van der Waals surface area contributed by atoms with Crippen LogP contribution >= 0.6 is 12.4 Å². The lowest BCUT2D eigenvalue weighted by Gasteiger charge is -2.35. The first kappa shape index (κ1) is 21.6. The zero-order chi connectivity index (χ0) is 19.2. The van der Waals surface area contributed by atoms with Crippen LogP contribution in [0.15, 0.2) is 72.9 Å². The lowest BCUT2D eigenvalue weighted by molar-refractivity contribution is 0.0682. The predicted molar refractivity (Wildman–Crippen MR) is 124 cm³/mol. The van der Waals surface area contributed by atoms with Crippen LogP contribution in [0, 0.1) is 0 Å². The second-order valence-corrected chi connectivity index (χ2v) is 7.60. The molecular formula is C24H30ClN3O. The van der Waals surface area contributed by atoms with E-state index >= 15 is 0 Å². The fourth-order valence-corrected chi connectivity index (χ4v) is 3.94. The van der Waals surface area contributed by atoms with E-state index < -0.39 is 0 Å². The second-order valence-electron chi connectivity index (χ2n) is 7.60. The van der Waals surface area contributed by atoms with Gasteiger partial charge in [0.15, 0.2) is 0 Å². The molecule has 0 bridgehead atoms. The van der Waals surface area contributed by atoms with Crippen LogP contribution in [0.3, 0.4) is 0 Å². The Kier molecular flexibility index (Phi) is 7.90. The molecule has 1 N–H and O–H groups in total. The largest absolute Gasteiger partial charge is 0.390 e. The van der Waals surface area contributed by atoms with Gasteiger partial charge in [-0.1, -0.05) is 60.7 Å². The van der Waals surface area contributed by atoms with Crippen molar-refractivity contribution in [2.24, 2.45) is 0 Å². The van der Waals surface area contributed by atoms with Crippen LogP contribution < -0.4 is 0 Å². The number of β-amino-alcohol motifs (C(OH)–C–C–N with tert-alkyl or cyclic N) is 1. The van der Waals surface area contributed by atoms with Crippen LogP contribution in [-0.2, 0) is 6.54 Å². The Bertz CT molecular complexity index is 901. The molecule has 1 aliphatic rings. The average Bonchev–Trinajstić information content (AvgIpc) is 3.13. The molecule has 0 saturated carbocycles. The van der Waals surface area contributed by atoms with Gasteiger partial charge in [0.1, 0.15) is 0 Å². The highest BCUT2D eigenvalue weighted by atomic mass is 35.5. The number of hydrogen-bond donors (Lipinski definition) is 1. The second kappa shape index (κ2) is 10.6. The van der Waals surface area contributed by atoms with E-state index in [0.717, 1.165) is 39.3 Å². The summed E-state index contributed by atoms with van der Waals surface area (Å²) in [6.45, 7) is 6.51. The maximum atomic E-state index is 10.6. The number of nitrogens with zero attached hydrogens (tertiary/aromatic N) is 3. The molecule has 3 aromatic rings. The van der Waals surface area contributed by atoms with Crippen LogP contribution in [0.2, 0.25) is 0 Å². The van der Waals surface area contributed by atoms with E-state index in [0.29, 0.717) is 6.54 Å². The van der Waals surface area contributed by atoms with E-state index in [1.165, 1.54) is 16.5 Å². The zero-order valence-corrected chi connectivity index (χ0v) is 17.5. The van der Waals surface area contributed by atoms with Crippen molar-refractivity contribution in [1.29, 1.82) is 0 Å². The third-order valence-corrected chi connectivity index (χ3v) is 5.50. The minimum absolute atomic E-state index is 0. The van der Waals surface area contributed by atoms with E-state index in [1.54, 1.807) is 0 Å². The summed E-state index contributed by atoms with van der Waals surface area (Å²) in [6, 6.07) is 20.9. The third kappa shape index (κ3) is 5.94. The summed E-state index contributed by atoms with van der Waals surface area (Å²) >= 11 is 0. The zero-order valence-electron chi connectivity index (χ0n) is 16.7. The van der Waals surface area contributed by atoms with Gasteiger partial charge in [-0.2, -0.15) is 0 Å². The van der Waals surface area contributed by atoms with E-state index in [2.05, 4.69) is 87.3 Å². The normalized spacial score (nSPS) is 16.9. The monoisotopic (exact) mass is 411 g/mol. The molecule has 1 aliphatic heterocycles.